The molecular formula is C18H17F3N8O4. The maximum Gasteiger partial charge on any atom is 0.434 e. The predicted molar refractivity (Wildman–Crippen MR) is 101 cm³/mol. The summed E-state index contributed by atoms with van der Waals surface area (Å²) < 4.78 is 42.0. The smallest absolute Gasteiger partial charge is 0.434 e. The summed E-state index contributed by atoms with van der Waals surface area (Å²) in [7, 11) is 0. The van der Waals surface area contributed by atoms with E-state index in [9.17, 15) is 27.9 Å². The second-order valence-electron chi connectivity index (χ2n) is 7.35. The number of carbonyl (C=O) groups is 2. The molecule has 1 atom stereocenters. The maximum absolute atomic E-state index is 13.1. The summed E-state index contributed by atoms with van der Waals surface area (Å²) in [5.41, 5.74) is -5.30. The first-order valence-corrected chi connectivity index (χ1v) is 9.69. The Balaban J connectivity index is 1.40. The lowest BCUT2D eigenvalue weighted by Crippen LogP contribution is -2.49. The van der Waals surface area contributed by atoms with Crippen molar-refractivity contribution in [1.29, 1.82) is 0 Å². The van der Waals surface area contributed by atoms with Gasteiger partial charge in [-0.3, -0.25) is 4.79 Å². The molecule has 1 amide bonds. The van der Waals surface area contributed by atoms with Gasteiger partial charge in [-0.15, -0.1) is 15.3 Å². The fourth-order valence-electron chi connectivity index (χ4n) is 3.07. The van der Waals surface area contributed by atoms with Crippen LogP contribution in [0, 0.1) is 0 Å². The number of hydrogen-bond donors (Lipinski definition) is 3. The molecule has 0 saturated heterocycles. The number of nitrogens with zero attached hydrogens (tertiary/aromatic N) is 7. The molecule has 0 radical (unpaired) electrons. The third kappa shape index (κ3) is 4.26. The third-order valence-electron chi connectivity index (χ3n) is 5.05. The van der Waals surface area contributed by atoms with Crippen LogP contribution in [0.3, 0.4) is 0 Å². The van der Waals surface area contributed by atoms with Crippen LogP contribution in [-0.2, 0) is 16.8 Å². The van der Waals surface area contributed by atoms with E-state index in [2.05, 4.69) is 30.8 Å². The number of amides is 1. The first kappa shape index (κ1) is 22.3. The number of nitrogens with one attached hydrogen (secondary N) is 1. The fraction of sp³-hybridized carbons (Fsp3) is 0.389. The van der Waals surface area contributed by atoms with Crippen LogP contribution in [0.2, 0.25) is 0 Å². The van der Waals surface area contributed by atoms with Gasteiger partial charge < -0.3 is 20.1 Å². The predicted octanol–water partition coefficient (Wildman–Crippen LogP) is 0.396. The van der Waals surface area contributed by atoms with Gasteiger partial charge in [-0.05, 0) is 25.0 Å². The Morgan fingerprint density at radius 1 is 1.21 bits per heavy atom. The zero-order valence-corrected chi connectivity index (χ0v) is 16.8. The first-order chi connectivity index (χ1) is 15.6. The number of aliphatic carboxylic acids is 1. The topological polar surface area (TPSA) is 161 Å². The Kier molecular flexibility index (Phi) is 5.57. The van der Waals surface area contributed by atoms with Crippen LogP contribution in [0.5, 0.6) is 0 Å². The van der Waals surface area contributed by atoms with E-state index in [1.807, 2.05) is 4.57 Å². The van der Waals surface area contributed by atoms with Crippen LogP contribution in [0.25, 0.3) is 5.69 Å². The largest absolute Gasteiger partial charge is 0.479 e. The standard InChI is InChI=1S/C18H17F3N8O4/c19-18(20,21)17(33,16(31)32)13-8-29(27-25-13)11-3-4-12(23-7-11)15(30)22-6-5-14-26-24-9-28(14)10-1-2-10/h3-4,7-10,33H,1-2,5-6H2,(H,22,30)(H,31,32). The number of carboxylic acid groups (broad SMARTS) is 1. The molecule has 0 bridgehead atoms. The van der Waals surface area contributed by atoms with Crippen LogP contribution >= 0.6 is 0 Å². The second-order valence-corrected chi connectivity index (χ2v) is 7.35. The van der Waals surface area contributed by atoms with E-state index in [0.717, 1.165) is 29.5 Å². The molecule has 3 heterocycles. The molecule has 1 unspecified atom stereocenters. The lowest BCUT2D eigenvalue weighted by molar-refractivity contribution is -0.266. The third-order valence-corrected chi connectivity index (χ3v) is 5.05. The molecule has 1 saturated carbocycles. The molecule has 3 aromatic heterocycles. The average molecular weight is 466 g/mol. The van der Waals surface area contributed by atoms with Gasteiger partial charge in [0.25, 0.3) is 5.91 Å². The average Bonchev–Trinajstić information content (AvgIpc) is 3.30. The lowest BCUT2D eigenvalue weighted by atomic mass is 10.0. The van der Waals surface area contributed by atoms with Crippen LogP contribution in [0.1, 0.15) is 40.9 Å². The maximum atomic E-state index is 13.1. The second kappa shape index (κ2) is 8.23. The molecule has 3 N–H and O–H groups in total. The molecule has 4 rings (SSSR count). The molecule has 1 fully saturated rings. The summed E-state index contributed by atoms with van der Waals surface area (Å²) in [5, 5.41) is 35.7. The lowest BCUT2D eigenvalue weighted by Gasteiger charge is -2.23. The summed E-state index contributed by atoms with van der Waals surface area (Å²) in [5.74, 6) is -2.25. The van der Waals surface area contributed by atoms with Crippen LogP contribution in [-0.4, -0.2) is 69.6 Å². The van der Waals surface area contributed by atoms with Crippen molar-refractivity contribution in [3.8, 4) is 5.69 Å². The van der Waals surface area contributed by atoms with Crippen molar-refractivity contribution < 1.29 is 33.0 Å². The molecule has 0 aliphatic heterocycles. The van der Waals surface area contributed by atoms with Crippen molar-refractivity contribution in [2.45, 2.75) is 37.1 Å². The Labute approximate surface area is 183 Å². The minimum absolute atomic E-state index is 0.0417. The van der Waals surface area contributed by atoms with Crippen LogP contribution in [0.4, 0.5) is 13.2 Å². The highest BCUT2D eigenvalue weighted by Crippen LogP contribution is 2.38. The number of halogens is 3. The Hall–Kier alpha value is -3.88. The van der Waals surface area contributed by atoms with Crippen molar-refractivity contribution in [3.63, 3.8) is 0 Å². The number of aliphatic hydroxyl groups is 1. The fourth-order valence-corrected chi connectivity index (χ4v) is 3.07. The van der Waals surface area contributed by atoms with E-state index < -0.39 is 29.3 Å². The van der Waals surface area contributed by atoms with Crippen molar-refractivity contribution in [1.82, 2.24) is 40.1 Å². The Morgan fingerprint density at radius 3 is 2.58 bits per heavy atom. The van der Waals surface area contributed by atoms with E-state index in [4.69, 9.17) is 5.11 Å². The van der Waals surface area contributed by atoms with Crippen molar-refractivity contribution in [2.24, 2.45) is 0 Å². The zero-order valence-electron chi connectivity index (χ0n) is 16.8. The monoisotopic (exact) mass is 466 g/mol. The molecule has 174 valence electrons. The molecule has 15 heteroatoms. The number of hydrogen-bond acceptors (Lipinski definition) is 8. The van der Waals surface area contributed by atoms with Crippen molar-refractivity contribution in [3.05, 3.63) is 48.1 Å². The SMILES string of the molecule is O=C(NCCc1nncn1C1CC1)c1ccc(-n2cc(C(O)(C(=O)O)C(F)(F)F)nn2)cn1. The van der Waals surface area contributed by atoms with Gasteiger partial charge in [0.15, 0.2) is 0 Å². The summed E-state index contributed by atoms with van der Waals surface area (Å²) >= 11 is 0. The molecule has 12 nitrogen and oxygen atoms in total. The van der Waals surface area contributed by atoms with E-state index in [1.165, 1.54) is 12.1 Å². The Bertz CT molecular complexity index is 1170. The normalized spacial score (nSPS) is 15.8. The zero-order chi connectivity index (χ0) is 23.8. The first-order valence-electron chi connectivity index (χ1n) is 9.69. The highest BCUT2D eigenvalue weighted by molar-refractivity contribution is 5.92. The molecule has 0 spiro atoms. The van der Waals surface area contributed by atoms with Gasteiger partial charge in [-0.25, -0.2) is 14.5 Å². The summed E-state index contributed by atoms with van der Waals surface area (Å²) in [6.45, 7) is 0.297. The highest BCUT2D eigenvalue weighted by Gasteiger charge is 2.63. The molecule has 33 heavy (non-hydrogen) atoms. The number of pyridine rings is 1. The van der Waals surface area contributed by atoms with Crippen molar-refractivity contribution >= 4 is 11.9 Å². The molecule has 1 aliphatic rings. The van der Waals surface area contributed by atoms with Gasteiger partial charge in [0.1, 0.15) is 23.5 Å². The van der Waals surface area contributed by atoms with Gasteiger partial charge in [0, 0.05) is 19.0 Å². The summed E-state index contributed by atoms with van der Waals surface area (Å²) in [4.78, 5) is 27.3. The Morgan fingerprint density at radius 2 is 1.97 bits per heavy atom. The molecular weight excluding hydrogens is 449 g/mol. The van der Waals surface area contributed by atoms with Gasteiger partial charge in [0.2, 0.25) is 0 Å². The highest BCUT2D eigenvalue weighted by atomic mass is 19.4. The number of rotatable bonds is 8. The minimum Gasteiger partial charge on any atom is -0.479 e. The van der Waals surface area contributed by atoms with Crippen molar-refractivity contribution in [2.75, 3.05) is 6.54 Å². The number of carbonyl (C=O) groups excluding carboxylic acids is 1. The van der Waals surface area contributed by atoms with E-state index in [1.54, 1.807) is 6.33 Å². The van der Waals surface area contributed by atoms with E-state index in [0.29, 0.717) is 25.2 Å². The van der Waals surface area contributed by atoms with Gasteiger partial charge in [-0.1, -0.05) is 5.21 Å². The van der Waals surface area contributed by atoms with Gasteiger partial charge in [0.05, 0.1) is 18.1 Å². The quantitative estimate of drug-likeness (QED) is 0.427. The van der Waals surface area contributed by atoms with Crippen LogP contribution in [0.15, 0.2) is 30.9 Å². The number of carboxylic acids is 1. The number of alkyl halides is 3. The summed E-state index contributed by atoms with van der Waals surface area (Å²) in [6, 6.07) is 3.06. The summed E-state index contributed by atoms with van der Waals surface area (Å²) in [6.07, 6.45) is 0.536. The van der Waals surface area contributed by atoms with E-state index >= 15 is 0 Å². The molecule has 3 aromatic rings. The molecule has 1 aliphatic carbocycles. The number of aromatic nitrogens is 7. The van der Waals surface area contributed by atoms with Crippen LogP contribution < -0.4 is 5.32 Å². The van der Waals surface area contributed by atoms with Gasteiger partial charge in [-0.2, -0.15) is 13.2 Å². The minimum atomic E-state index is -5.52. The van der Waals surface area contributed by atoms with E-state index in [-0.39, 0.29) is 11.4 Å². The molecule has 0 aromatic carbocycles. The van der Waals surface area contributed by atoms with Gasteiger partial charge >= 0.3 is 17.7 Å².